The van der Waals surface area contributed by atoms with Crippen molar-refractivity contribution in [2.75, 3.05) is 6.61 Å². The number of halogens is 3. The monoisotopic (exact) mass is 249 g/mol. The lowest BCUT2D eigenvalue weighted by Crippen LogP contribution is -2.11. The third-order valence-electron chi connectivity index (χ3n) is 1.94. The summed E-state index contributed by atoms with van der Waals surface area (Å²) in [7, 11) is 0. The second-order valence-electron chi connectivity index (χ2n) is 2.81. The highest BCUT2D eigenvalue weighted by atomic mass is 79.9. The van der Waals surface area contributed by atoms with E-state index in [2.05, 4.69) is 15.9 Å². The molecule has 0 saturated heterocycles. The molecule has 13 heavy (non-hydrogen) atoms. The van der Waals surface area contributed by atoms with E-state index in [-0.39, 0.29) is 18.4 Å². The minimum atomic E-state index is -0.967. The van der Waals surface area contributed by atoms with Crippen molar-refractivity contribution in [2.24, 2.45) is 5.73 Å². The fourth-order valence-electron chi connectivity index (χ4n) is 1.33. The van der Waals surface area contributed by atoms with Gasteiger partial charge in [0.05, 0.1) is 6.04 Å². The van der Waals surface area contributed by atoms with Gasteiger partial charge in [0.15, 0.2) is 11.6 Å². The molecule has 0 saturated carbocycles. The molecule has 0 aliphatic carbocycles. The Hall–Kier alpha value is -0.680. The van der Waals surface area contributed by atoms with Crippen molar-refractivity contribution in [2.45, 2.75) is 6.04 Å². The molecule has 1 aliphatic rings. The maximum Gasteiger partial charge on any atom is 0.201 e. The van der Waals surface area contributed by atoms with Crippen molar-refractivity contribution in [1.82, 2.24) is 0 Å². The van der Waals surface area contributed by atoms with Crippen molar-refractivity contribution < 1.29 is 13.5 Å². The van der Waals surface area contributed by atoms with E-state index in [1.165, 1.54) is 0 Å². The largest absolute Gasteiger partial charge is 0.488 e. The van der Waals surface area contributed by atoms with Crippen LogP contribution in [0.3, 0.4) is 0 Å². The van der Waals surface area contributed by atoms with Crippen LogP contribution in [-0.4, -0.2) is 6.61 Å². The third-order valence-corrected chi connectivity index (χ3v) is 2.60. The zero-order chi connectivity index (χ0) is 9.59. The molecule has 0 spiro atoms. The van der Waals surface area contributed by atoms with Gasteiger partial charge in [0.1, 0.15) is 6.61 Å². The lowest BCUT2D eigenvalue weighted by Gasteiger charge is -2.05. The van der Waals surface area contributed by atoms with Crippen LogP contribution in [0.25, 0.3) is 0 Å². The molecule has 1 aliphatic heterocycles. The van der Waals surface area contributed by atoms with E-state index in [4.69, 9.17) is 10.5 Å². The zero-order valence-electron chi connectivity index (χ0n) is 6.48. The first kappa shape index (κ1) is 8.90. The molecule has 2 rings (SSSR count). The normalized spacial score (nSPS) is 19.8. The Bertz CT molecular complexity index is 370. The van der Waals surface area contributed by atoms with E-state index < -0.39 is 11.6 Å². The summed E-state index contributed by atoms with van der Waals surface area (Å²) in [6, 6.07) is 0.669. The van der Waals surface area contributed by atoms with Gasteiger partial charge in [-0.15, -0.1) is 0 Å². The molecule has 0 aromatic heterocycles. The van der Waals surface area contributed by atoms with E-state index in [9.17, 15) is 8.78 Å². The van der Waals surface area contributed by atoms with Crippen molar-refractivity contribution >= 4 is 15.9 Å². The molecule has 2 nitrogen and oxygen atoms in total. The van der Waals surface area contributed by atoms with E-state index >= 15 is 0 Å². The van der Waals surface area contributed by atoms with Crippen LogP contribution < -0.4 is 10.5 Å². The Kier molecular flexibility index (Phi) is 2.00. The maximum absolute atomic E-state index is 13.1. The van der Waals surface area contributed by atoms with Gasteiger partial charge in [0.2, 0.25) is 5.82 Å². The Morgan fingerprint density at radius 2 is 2.23 bits per heavy atom. The van der Waals surface area contributed by atoms with Crippen LogP contribution in [-0.2, 0) is 0 Å². The van der Waals surface area contributed by atoms with Gasteiger partial charge in [-0.2, -0.15) is 4.39 Å². The highest BCUT2D eigenvalue weighted by molar-refractivity contribution is 9.10. The Morgan fingerprint density at radius 1 is 1.54 bits per heavy atom. The number of rotatable bonds is 0. The van der Waals surface area contributed by atoms with E-state index in [0.717, 1.165) is 6.07 Å². The quantitative estimate of drug-likeness (QED) is 0.716. The summed E-state index contributed by atoms with van der Waals surface area (Å²) in [5, 5.41) is 0. The maximum atomic E-state index is 13.1. The topological polar surface area (TPSA) is 35.2 Å². The number of nitrogens with two attached hydrogens (primary N) is 1. The second-order valence-corrected chi connectivity index (χ2v) is 3.67. The van der Waals surface area contributed by atoms with Crippen LogP contribution in [0.5, 0.6) is 5.75 Å². The number of ether oxygens (including phenoxy) is 1. The molecular formula is C8H6BrF2NO. The highest BCUT2D eigenvalue weighted by Crippen LogP contribution is 2.39. The molecule has 2 N–H and O–H groups in total. The first-order valence-corrected chi connectivity index (χ1v) is 4.46. The van der Waals surface area contributed by atoms with E-state index in [0.29, 0.717) is 10.0 Å². The standard InChI is InChI=1S/C8H6BrF2NO/c9-3-1-4(10)7(11)8-6(3)5(12)2-13-8/h1,5H,2,12H2. The summed E-state index contributed by atoms with van der Waals surface area (Å²) < 4.78 is 31.3. The van der Waals surface area contributed by atoms with Gasteiger partial charge in [0.25, 0.3) is 0 Å². The summed E-state index contributed by atoms with van der Waals surface area (Å²) in [4.78, 5) is 0. The summed E-state index contributed by atoms with van der Waals surface area (Å²) in [6.07, 6.45) is 0. The van der Waals surface area contributed by atoms with Gasteiger partial charge in [-0.1, -0.05) is 15.9 Å². The van der Waals surface area contributed by atoms with E-state index in [1.807, 2.05) is 0 Å². The van der Waals surface area contributed by atoms with Crippen molar-refractivity contribution in [3.8, 4) is 5.75 Å². The first-order chi connectivity index (χ1) is 6.11. The molecule has 0 bridgehead atoms. The molecule has 0 radical (unpaired) electrons. The lowest BCUT2D eigenvalue weighted by atomic mass is 10.1. The highest BCUT2D eigenvalue weighted by Gasteiger charge is 2.28. The Balaban J connectivity index is 2.69. The first-order valence-electron chi connectivity index (χ1n) is 3.67. The van der Waals surface area contributed by atoms with Gasteiger partial charge in [-0.05, 0) is 6.07 Å². The minimum absolute atomic E-state index is 0.0700. The van der Waals surface area contributed by atoms with Crippen LogP contribution in [0.15, 0.2) is 10.5 Å². The van der Waals surface area contributed by atoms with Crippen molar-refractivity contribution in [3.63, 3.8) is 0 Å². The minimum Gasteiger partial charge on any atom is -0.488 e. The molecule has 1 heterocycles. The van der Waals surface area contributed by atoms with Gasteiger partial charge in [-0.25, -0.2) is 4.39 Å². The van der Waals surface area contributed by atoms with Crippen molar-refractivity contribution in [1.29, 1.82) is 0 Å². The van der Waals surface area contributed by atoms with Gasteiger partial charge < -0.3 is 10.5 Å². The van der Waals surface area contributed by atoms with Gasteiger partial charge >= 0.3 is 0 Å². The molecule has 1 aromatic rings. The summed E-state index contributed by atoms with van der Waals surface area (Å²) in [5.74, 6) is -1.97. The van der Waals surface area contributed by atoms with Crippen LogP contribution in [0.1, 0.15) is 11.6 Å². The molecule has 1 aromatic carbocycles. The summed E-state index contributed by atoms with van der Waals surface area (Å²) in [6.45, 7) is 0.189. The third kappa shape index (κ3) is 1.23. The zero-order valence-corrected chi connectivity index (χ0v) is 8.07. The van der Waals surface area contributed by atoms with Crippen LogP contribution in [0.2, 0.25) is 0 Å². The average Bonchev–Trinajstić information content (AvgIpc) is 2.44. The van der Waals surface area contributed by atoms with Crippen LogP contribution in [0, 0.1) is 11.6 Å². The molecule has 0 amide bonds. The van der Waals surface area contributed by atoms with Gasteiger partial charge in [-0.3, -0.25) is 0 Å². The molecule has 1 unspecified atom stereocenters. The number of benzene rings is 1. The predicted octanol–water partition coefficient (Wildman–Crippen LogP) is 2.12. The van der Waals surface area contributed by atoms with Crippen molar-refractivity contribution in [3.05, 3.63) is 27.7 Å². The molecule has 0 fully saturated rings. The predicted molar refractivity (Wildman–Crippen MR) is 46.5 cm³/mol. The molecule has 1 atom stereocenters. The molecule has 5 heteroatoms. The lowest BCUT2D eigenvalue weighted by molar-refractivity contribution is 0.314. The fourth-order valence-corrected chi connectivity index (χ4v) is 2.01. The average molecular weight is 250 g/mol. The van der Waals surface area contributed by atoms with Gasteiger partial charge in [0, 0.05) is 10.0 Å². The fraction of sp³-hybridized carbons (Fsp3) is 0.250. The summed E-state index contributed by atoms with van der Waals surface area (Å²) in [5.41, 5.74) is 6.12. The Morgan fingerprint density at radius 3 is 2.92 bits per heavy atom. The van der Waals surface area contributed by atoms with Crippen LogP contribution in [0.4, 0.5) is 8.78 Å². The molecule has 70 valence electrons. The SMILES string of the molecule is NC1COc2c(F)c(F)cc(Br)c21. The smallest absolute Gasteiger partial charge is 0.201 e. The van der Waals surface area contributed by atoms with Crippen LogP contribution >= 0.6 is 15.9 Å². The Labute approximate surface area is 81.8 Å². The number of hydrogen-bond acceptors (Lipinski definition) is 2. The number of fused-ring (bicyclic) bond motifs is 1. The summed E-state index contributed by atoms with van der Waals surface area (Å²) >= 11 is 3.11. The second kappa shape index (κ2) is 2.92. The molecular weight excluding hydrogens is 244 g/mol. The van der Waals surface area contributed by atoms with E-state index in [1.54, 1.807) is 0 Å². The number of hydrogen-bond donors (Lipinski definition) is 1.